The summed E-state index contributed by atoms with van der Waals surface area (Å²) < 4.78 is 13.0. The Morgan fingerprint density at radius 2 is 2.14 bits per heavy atom. The van der Waals surface area contributed by atoms with Crippen molar-refractivity contribution in [1.29, 1.82) is 0 Å². The van der Waals surface area contributed by atoms with Gasteiger partial charge in [-0.25, -0.2) is 4.39 Å². The molecule has 1 aliphatic rings. The van der Waals surface area contributed by atoms with Gasteiger partial charge in [0.1, 0.15) is 5.82 Å². The summed E-state index contributed by atoms with van der Waals surface area (Å²) in [6, 6.07) is 5.10. The van der Waals surface area contributed by atoms with Gasteiger partial charge in [0.2, 0.25) is 0 Å². The van der Waals surface area contributed by atoms with E-state index >= 15 is 0 Å². The highest BCUT2D eigenvalue weighted by Gasteiger charge is 2.09. The molecule has 1 heteroatoms. The number of hydrogen-bond donors (Lipinski definition) is 0. The Labute approximate surface area is 84.5 Å². The number of hydrogen-bond acceptors (Lipinski definition) is 0. The van der Waals surface area contributed by atoms with Crippen molar-refractivity contribution in [1.82, 2.24) is 0 Å². The van der Waals surface area contributed by atoms with Crippen molar-refractivity contribution in [2.45, 2.75) is 32.6 Å². The number of halogens is 1. The van der Waals surface area contributed by atoms with Crippen LogP contribution in [-0.4, -0.2) is 0 Å². The minimum atomic E-state index is -0.127. The highest BCUT2D eigenvalue weighted by atomic mass is 19.1. The third kappa shape index (κ3) is 1.87. The van der Waals surface area contributed by atoms with Crippen molar-refractivity contribution < 1.29 is 4.39 Å². The van der Waals surface area contributed by atoms with Gasteiger partial charge in [-0.3, -0.25) is 0 Å². The molecule has 0 nitrogen and oxygen atoms in total. The van der Waals surface area contributed by atoms with E-state index in [2.05, 4.69) is 13.0 Å². The molecule has 1 aromatic carbocycles. The van der Waals surface area contributed by atoms with Gasteiger partial charge >= 0.3 is 0 Å². The van der Waals surface area contributed by atoms with Crippen LogP contribution in [0.15, 0.2) is 23.8 Å². The summed E-state index contributed by atoms with van der Waals surface area (Å²) in [5, 5.41) is 0. The Morgan fingerprint density at radius 1 is 1.29 bits per heavy atom. The average molecular weight is 190 g/mol. The highest BCUT2D eigenvalue weighted by molar-refractivity contribution is 5.59. The first-order valence-corrected chi connectivity index (χ1v) is 5.27. The molecule has 0 aromatic heterocycles. The predicted octanol–water partition coefficient (Wildman–Crippen LogP) is 3.96. The number of benzene rings is 1. The lowest BCUT2D eigenvalue weighted by Crippen LogP contribution is -1.99. The largest absolute Gasteiger partial charge is 0.207 e. The third-order valence-corrected chi connectivity index (χ3v) is 2.75. The van der Waals surface area contributed by atoms with Gasteiger partial charge in [0.25, 0.3) is 0 Å². The molecule has 0 aliphatic heterocycles. The normalized spacial score (nSPS) is 14.9. The first kappa shape index (κ1) is 9.45. The van der Waals surface area contributed by atoms with Crippen LogP contribution in [0.2, 0.25) is 0 Å². The summed E-state index contributed by atoms with van der Waals surface area (Å²) in [6.07, 6.45) is 6.70. The molecule has 1 aromatic rings. The Morgan fingerprint density at radius 3 is 2.93 bits per heavy atom. The molecule has 14 heavy (non-hydrogen) atoms. The quantitative estimate of drug-likeness (QED) is 0.662. The summed E-state index contributed by atoms with van der Waals surface area (Å²) in [6.45, 7) is 2.18. The second kappa shape index (κ2) is 3.95. The van der Waals surface area contributed by atoms with Gasteiger partial charge in [-0.05, 0) is 42.5 Å². The molecule has 0 radical (unpaired) electrons. The van der Waals surface area contributed by atoms with E-state index in [0.717, 1.165) is 24.8 Å². The highest BCUT2D eigenvalue weighted by Crippen LogP contribution is 2.26. The molecule has 0 heterocycles. The molecule has 0 fully saturated rings. The number of rotatable bonds is 2. The summed E-state index contributed by atoms with van der Waals surface area (Å²) in [5.74, 6) is -0.127. The van der Waals surface area contributed by atoms with Crippen LogP contribution in [0, 0.1) is 5.82 Å². The fraction of sp³-hybridized carbons (Fsp3) is 0.385. The maximum absolute atomic E-state index is 13.0. The molecule has 0 atom stereocenters. The number of fused-ring (bicyclic) bond motifs is 1. The Hall–Kier alpha value is -1.11. The van der Waals surface area contributed by atoms with E-state index in [1.807, 2.05) is 6.07 Å². The van der Waals surface area contributed by atoms with Gasteiger partial charge in [0, 0.05) is 0 Å². The molecule has 0 amide bonds. The van der Waals surface area contributed by atoms with E-state index in [1.165, 1.54) is 17.6 Å². The first-order valence-electron chi connectivity index (χ1n) is 5.27. The van der Waals surface area contributed by atoms with Crippen LogP contribution in [0.1, 0.15) is 37.3 Å². The lowest BCUT2D eigenvalue weighted by atomic mass is 9.90. The summed E-state index contributed by atoms with van der Waals surface area (Å²) in [7, 11) is 0. The SMILES string of the molecule is CCCC1=Cc2cc(F)ccc2CC1. The summed E-state index contributed by atoms with van der Waals surface area (Å²) in [4.78, 5) is 0. The fourth-order valence-corrected chi connectivity index (χ4v) is 2.03. The lowest BCUT2D eigenvalue weighted by Gasteiger charge is -2.15. The molecule has 0 saturated heterocycles. The van der Waals surface area contributed by atoms with Gasteiger partial charge in [0.15, 0.2) is 0 Å². The molecule has 0 bridgehead atoms. The third-order valence-electron chi connectivity index (χ3n) is 2.75. The van der Waals surface area contributed by atoms with Crippen molar-refractivity contribution >= 4 is 6.08 Å². The van der Waals surface area contributed by atoms with E-state index in [-0.39, 0.29) is 5.82 Å². The molecule has 1 aliphatic carbocycles. The molecule has 0 saturated carbocycles. The van der Waals surface area contributed by atoms with E-state index < -0.39 is 0 Å². The van der Waals surface area contributed by atoms with Crippen LogP contribution in [0.25, 0.3) is 6.08 Å². The molecular weight excluding hydrogens is 175 g/mol. The maximum atomic E-state index is 13.0. The van der Waals surface area contributed by atoms with Crippen LogP contribution in [0.3, 0.4) is 0 Å². The van der Waals surface area contributed by atoms with Crippen LogP contribution in [-0.2, 0) is 6.42 Å². The smallest absolute Gasteiger partial charge is 0.123 e. The van der Waals surface area contributed by atoms with Gasteiger partial charge in [-0.2, -0.15) is 0 Å². The molecule has 0 N–H and O–H groups in total. The van der Waals surface area contributed by atoms with Gasteiger partial charge in [0.05, 0.1) is 0 Å². The fourth-order valence-electron chi connectivity index (χ4n) is 2.03. The lowest BCUT2D eigenvalue weighted by molar-refractivity contribution is 0.626. The van der Waals surface area contributed by atoms with E-state index in [0.29, 0.717) is 0 Å². The van der Waals surface area contributed by atoms with Gasteiger partial charge in [-0.1, -0.05) is 31.1 Å². The zero-order chi connectivity index (χ0) is 9.97. The molecule has 0 spiro atoms. The second-order valence-electron chi connectivity index (χ2n) is 3.90. The van der Waals surface area contributed by atoms with Gasteiger partial charge < -0.3 is 0 Å². The minimum Gasteiger partial charge on any atom is -0.207 e. The average Bonchev–Trinajstić information content (AvgIpc) is 2.17. The molecule has 0 unspecified atom stereocenters. The minimum absolute atomic E-state index is 0.127. The molecular formula is C13H15F. The van der Waals surface area contributed by atoms with E-state index in [9.17, 15) is 4.39 Å². The zero-order valence-corrected chi connectivity index (χ0v) is 8.52. The van der Waals surface area contributed by atoms with Crippen molar-refractivity contribution in [3.63, 3.8) is 0 Å². The first-order chi connectivity index (χ1) is 6.79. The van der Waals surface area contributed by atoms with E-state index in [1.54, 1.807) is 12.1 Å². The molecule has 2 rings (SSSR count). The van der Waals surface area contributed by atoms with Crippen LogP contribution < -0.4 is 0 Å². The number of aryl methyl sites for hydroxylation is 1. The van der Waals surface area contributed by atoms with Crippen LogP contribution in [0.5, 0.6) is 0 Å². The Bertz CT molecular complexity index is 363. The Balaban J connectivity index is 2.32. The van der Waals surface area contributed by atoms with E-state index in [4.69, 9.17) is 0 Å². The van der Waals surface area contributed by atoms with Gasteiger partial charge in [-0.15, -0.1) is 0 Å². The van der Waals surface area contributed by atoms with Crippen molar-refractivity contribution in [3.8, 4) is 0 Å². The topological polar surface area (TPSA) is 0 Å². The van der Waals surface area contributed by atoms with Crippen LogP contribution in [0.4, 0.5) is 4.39 Å². The van der Waals surface area contributed by atoms with Crippen molar-refractivity contribution in [2.75, 3.05) is 0 Å². The van der Waals surface area contributed by atoms with Crippen LogP contribution >= 0.6 is 0 Å². The van der Waals surface area contributed by atoms with Crippen molar-refractivity contribution in [3.05, 3.63) is 40.7 Å². The Kier molecular flexibility index (Phi) is 2.67. The number of allylic oxidation sites excluding steroid dienone is 1. The van der Waals surface area contributed by atoms with Crippen molar-refractivity contribution in [2.24, 2.45) is 0 Å². The standard InChI is InChI=1S/C13H15F/c1-2-3-10-4-5-11-6-7-13(14)9-12(11)8-10/h6-9H,2-5H2,1H3. The predicted molar refractivity (Wildman–Crippen MR) is 57.6 cm³/mol. The maximum Gasteiger partial charge on any atom is 0.123 e. The second-order valence-corrected chi connectivity index (χ2v) is 3.90. The summed E-state index contributed by atoms with van der Waals surface area (Å²) >= 11 is 0. The molecule has 74 valence electrons. The monoisotopic (exact) mass is 190 g/mol. The zero-order valence-electron chi connectivity index (χ0n) is 8.52. The summed E-state index contributed by atoms with van der Waals surface area (Å²) in [5.41, 5.74) is 3.83.